The zero-order chi connectivity index (χ0) is 18.5. The Balaban J connectivity index is 1.68. The second-order valence-corrected chi connectivity index (χ2v) is 5.99. The maximum Gasteiger partial charge on any atom is 0.266 e. The molecule has 132 valence electrons. The molecule has 7 heteroatoms. The van der Waals surface area contributed by atoms with Gasteiger partial charge in [-0.25, -0.2) is 9.07 Å². The maximum absolute atomic E-state index is 13.0. The molecule has 0 aliphatic carbocycles. The van der Waals surface area contributed by atoms with Gasteiger partial charge in [0.15, 0.2) is 0 Å². The number of amides is 1. The van der Waals surface area contributed by atoms with Gasteiger partial charge in [-0.15, -0.1) is 0 Å². The molecular formula is C19H15ClFN3O2. The van der Waals surface area contributed by atoms with Crippen LogP contribution in [0.4, 0.5) is 4.39 Å². The van der Waals surface area contributed by atoms with Crippen LogP contribution in [0.3, 0.4) is 0 Å². The van der Waals surface area contributed by atoms with Gasteiger partial charge in [-0.3, -0.25) is 9.59 Å². The van der Waals surface area contributed by atoms with E-state index < -0.39 is 0 Å². The smallest absolute Gasteiger partial charge is 0.266 e. The van der Waals surface area contributed by atoms with E-state index in [9.17, 15) is 14.0 Å². The van der Waals surface area contributed by atoms with Gasteiger partial charge in [-0.05, 0) is 48.5 Å². The normalized spacial score (nSPS) is 10.5. The molecule has 0 saturated heterocycles. The van der Waals surface area contributed by atoms with E-state index in [1.807, 2.05) is 0 Å². The summed E-state index contributed by atoms with van der Waals surface area (Å²) in [5, 5.41) is 7.46. The molecule has 0 aliphatic rings. The minimum atomic E-state index is -0.342. The van der Waals surface area contributed by atoms with Crippen LogP contribution in [0.15, 0.2) is 65.5 Å². The number of benzene rings is 2. The summed E-state index contributed by atoms with van der Waals surface area (Å²) in [6.07, 6.45) is 0. The van der Waals surface area contributed by atoms with Crippen molar-refractivity contribution in [2.75, 3.05) is 6.54 Å². The third-order valence-corrected chi connectivity index (χ3v) is 3.94. The molecule has 1 aromatic heterocycles. The van der Waals surface area contributed by atoms with Crippen molar-refractivity contribution in [3.63, 3.8) is 0 Å². The second-order valence-electron chi connectivity index (χ2n) is 5.55. The molecule has 0 saturated carbocycles. The lowest BCUT2D eigenvalue weighted by Crippen LogP contribution is -2.31. The third kappa shape index (κ3) is 4.34. The van der Waals surface area contributed by atoms with Gasteiger partial charge in [0.25, 0.3) is 11.5 Å². The summed E-state index contributed by atoms with van der Waals surface area (Å²) < 4.78 is 14.3. The van der Waals surface area contributed by atoms with Gasteiger partial charge in [-0.2, -0.15) is 5.10 Å². The molecule has 0 atom stereocenters. The predicted molar refractivity (Wildman–Crippen MR) is 97.7 cm³/mol. The van der Waals surface area contributed by atoms with Crippen LogP contribution < -0.4 is 10.9 Å². The summed E-state index contributed by atoms with van der Waals surface area (Å²) in [7, 11) is 0. The average molecular weight is 372 g/mol. The SMILES string of the molecule is O=C(NCCn1nc(-c2ccc(F)cc2)ccc1=O)c1cccc(Cl)c1. The Morgan fingerprint density at radius 2 is 1.88 bits per heavy atom. The molecule has 1 heterocycles. The topological polar surface area (TPSA) is 64.0 Å². The molecule has 0 fully saturated rings. The van der Waals surface area contributed by atoms with E-state index in [-0.39, 0.29) is 30.4 Å². The maximum atomic E-state index is 13.0. The quantitative estimate of drug-likeness (QED) is 0.749. The van der Waals surface area contributed by atoms with Gasteiger partial charge in [0.05, 0.1) is 12.2 Å². The summed E-state index contributed by atoms with van der Waals surface area (Å²) in [4.78, 5) is 24.0. The van der Waals surface area contributed by atoms with Crippen LogP contribution in [0.5, 0.6) is 0 Å². The van der Waals surface area contributed by atoms with Crippen molar-refractivity contribution >= 4 is 17.5 Å². The minimum absolute atomic E-state index is 0.209. The van der Waals surface area contributed by atoms with Crippen LogP contribution in [-0.2, 0) is 6.54 Å². The van der Waals surface area contributed by atoms with Crippen LogP contribution >= 0.6 is 11.6 Å². The lowest BCUT2D eigenvalue weighted by molar-refractivity contribution is 0.0951. The molecule has 0 aliphatic heterocycles. The molecule has 1 amide bonds. The van der Waals surface area contributed by atoms with Crippen LogP contribution in [0.25, 0.3) is 11.3 Å². The zero-order valence-electron chi connectivity index (χ0n) is 13.7. The van der Waals surface area contributed by atoms with Crippen molar-refractivity contribution in [1.82, 2.24) is 15.1 Å². The summed E-state index contributed by atoms with van der Waals surface area (Å²) >= 11 is 5.87. The molecule has 3 aromatic rings. The van der Waals surface area contributed by atoms with Gasteiger partial charge in [-0.1, -0.05) is 17.7 Å². The van der Waals surface area contributed by atoms with E-state index in [1.54, 1.807) is 42.5 Å². The number of carbonyl (C=O) groups is 1. The van der Waals surface area contributed by atoms with Crippen molar-refractivity contribution in [3.8, 4) is 11.3 Å². The van der Waals surface area contributed by atoms with Gasteiger partial charge < -0.3 is 5.32 Å². The van der Waals surface area contributed by atoms with E-state index in [1.165, 1.54) is 22.9 Å². The molecule has 26 heavy (non-hydrogen) atoms. The highest BCUT2D eigenvalue weighted by Gasteiger charge is 2.07. The first kappa shape index (κ1) is 17.8. The lowest BCUT2D eigenvalue weighted by Gasteiger charge is -2.09. The first-order chi connectivity index (χ1) is 12.5. The summed E-state index contributed by atoms with van der Waals surface area (Å²) in [5.74, 6) is -0.624. The van der Waals surface area contributed by atoms with Crippen molar-refractivity contribution in [2.45, 2.75) is 6.54 Å². The average Bonchev–Trinajstić information content (AvgIpc) is 2.64. The third-order valence-electron chi connectivity index (χ3n) is 3.70. The van der Waals surface area contributed by atoms with E-state index in [0.717, 1.165) is 0 Å². The number of nitrogens with one attached hydrogen (secondary N) is 1. The fourth-order valence-electron chi connectivity index (χ4n) is 2.39. The largest absolute Gasteiger partial charge is 0.350 e. The Hall–Kier alpha value is -2.99. The molecule has 0 radical (unpaired) electrons. The summed E-state index contributed by atoms with van der Waals surface area (Å²) in [5.41, 5.74) is 1.40. The lowest BCUT2D eigenvalue weighted by atomic mass is 10.1. The Labute approximate surface area is 154 Å². The number of halogens is 2. The molecular weight excluding hydrogens is 357 g/mol. The van der Waals surface area contributed by atoms with Gasteiger partial charge >= 0.3 is 0 Å². The Bertz CT molecular complexity index is 987. The second kappa shape index (κ2) is 7.93. The molecule has 5 nitrogen and oxygen atoms in total. The number of carbonyl (C=O) groups excluding carboxylic acids is 1. The first-order valence-corrected chi connectivity index (χ1v) is 8.28. The van der Waals surface area contributed by atoms with Crippen molar-refractivity contribution in [2.24, 2.45) is 0 Å². The molecule has 1 N–H and O–H groups in total. The molecule has 0 unspecified atom stereocenters. The van der Waals surface area contributed by atoms with E-state index >= 15 is 0 Å². The summed E-state index contributed by atoms with van der Waals surface area (Å²) in [6, 6.07) is 15.4. The molecule has 3 rings (SSSR count). The van der Waals surface area contributed by atoms with E-state index in [4.69, 9.17) is 11.6 Å². The summed E-state index contributed by atoms with van der Waals surface area (Å²) in [6.45, 7) is 0.436. The van der Waals surface area contributed by atoms with Crippen molar-refractivity contribution in [1.29, 1.82) is 0 Å². The van der Waals surface area contributed by atoms with Gasteiger partial charge in [0.2, 0.25) is 0 Å². The van der Waals surface area contributed by atoms with Crippen LogP contribution in [-0.4, -0.2) is 22.2 Å². The first-order valence-electron chi connectivity index (χ1n) is 7.91. The van der Waals surface area contributed by atoms with Crippen LogP contribution in [0.1, 0.15) is 10.4 Å². The standard InChI is InChI=1S/C19H15ClFN3O2/c20-15-3-1-2-14(12-15)19(26)22-10-11-24-18(25)9-8-17(23-24)13-4-6-16(21)7-5-13/h1-9,12H,10-11H2,(H,22,26). The number of aromatic nitrogens is 2. The fourth-order valence-corrected chi connectivity index (χ4v) is 2.58. The molecule has 0 bridgehead atoms. The van der Waals surface area contributed by atoms with Crippen molar-refractivity contribution < 1.29 is 9.18 Å². The van der Waals surface area contributed by atoms with Crippen molar-refractivity contribution in [3.05, 3.63) is 87.4 Å². The minimum Gasteiger partial charge on any atom is -0.350 e. The number of nitrogens with zero attached hydrogens (tertiary/aromatic N) is 2. The predicted octanol–water partition coefficient (Wildman–Crippen LogP) is 3.13. The highest BCUT2D eigenvalue weighted by atomic mass is 35.5. The number of hydrogen-bond acceptors (Lipinski definition) is 3. The highest BCUT2D eigenvalue weighted by Crippen LogP contribution is 2.15. The van der Waals surface area contributed by atoms with Crippen LogP contribution in [0, 0.1) is 5.82 Å². The monoisotopic (exact) mass is 371 g/mol. The Morgan fingerprint density at radius 1 is 1.12 bits per heavy atom. The Morgan fingerprint density at radius 3 is 2.62 bits per heavy atom. The van der Waals surface area contributed by atoms with Gasteiger partial charge in [0.1, 0.15) is 5.82 Å². The fraction of sp³-hybridized carbons (Fsp3) is 0.105. The van der Waals surface area contributed by atoms with Gasteiger partial charge in [0, 0.05) is 28.8 Å². The molecule has 2 aromatic carbocycles. The van der Waals surface area contributed by atoms with E-state index in [0.29, 0.717) is 21.8 Å². The number of hydrogen-bond donors (Lipinski definition) is 1. The number of rotatable bonds is 5. The highest BCUT2D eigenvalue weighted by molar-refractivity contribution is 6.30. The molecule has 0 spiro atoms. The van der Waals surface area contributed by atoms with E-state index in [2.05, 4.69) is 10.4 Å². The van der Waals surface area contributed by atoms with Crippen LogP contribution in [0.2, 0.25) is 5.02 Å². The Kier molecular flexibility index (Phi) is 5.43. The zero-order valence-corrected chi connectivity index (χ0v) is 14.4.